The van der Waals surface area contributed by atoms with E-state index in [2.05, 4.69) is 20.5 Å². The van der Waals surface area contributed by atoms with E-state index in [4.69, 9.17) is 0 Å². The summed E-state index contributed by atoms with van der Waals surface area (Å²) in [7, 11) is 0. The number of halogens is 1. The summed E-state index contributed by atoms with van der Waals surface area (Å²) in [4.78, 5) is 30.1. The van der Waals surface area contributed by atoms with Gasteiger partial charge in [-0.2, -0.15) is 5.10 Å². The summed E-state index contributed by atoms with van der Waals surface area (Å²) in [5, 5.41) is 9.15. The molecule has 1 aliphatic heterocycles. The van der Waals surface area contributed by atoms with Crippen LogP contribution < -0.4 is 5.32 Å². The van der Waals surface area contributed by atoms with E-state index in [0.717, 1.165) is 12.8 Å². The topological polar surface area (TPSA) is 91.0 Å². The van der Waals surface area contributed by atoms with Gasteiger partial charge in [0.1, 0.15) is 18.0 Å². The highest BCUT2D eigenvalue weighted by Crippen LogP contribution is 2.29. The molecule has 3 rings (SSSR count). The lowest BCUT2D eigenvalue weighted by Gasteiger charge is -2.23. The second kappa shape index (κ2) is 6.55. The normalized spacial score (nSPS) is 17.3. The van der Waals surface area contributed by atoms with Crippen LogP contribution in [0.3, 0.4) is 0 Å². The maximum atomic E-state index is 12.8. The van der Waals surface area contributed by atoms with E-state index < -0.39 is 11.7 Å². The minimum atomic E-state index is -0.412. The molecule has 0 radical (unpaired) electrons. The first kappa shape index (κ1) is 15.1. The van der Waals surface area contributed by atoms with E-state index in [1.165, 1.54) is 30.6 Å². The molecule has 2 heterocycles. The van der Waals surface area contributed by atoms with Crippen molar-refractivity contribution in [3.63, 3.8) is 0 Å². The summed E-state index contributed by atoms with van der Waals surface area (Å²) in [6, 6.07) is 5.03. The number of aromatic amines is 1. The number of nitrogens with zero attached hydrogens (tertiary/aromatic N) is 3. The second-order valence-corrected chi connectivity index (χ2v) is 5.31. The number of rotatable bonds is 4. The smallest absolute Gasteiger partial charge is 0.251 e. The Kier molecular flexibility index (Phi) is 4.31. The van der Waals surface area contributed by atoms with Crippen molar-refractivity contribution in [3.05, 3.63) is 47.8 Å². The predicted molar refractivity (Wildman–Crippen MR) is 78.8 cm³/mol. The summed E-state index contributed by atoms with van der Waals surface area (Å²) in [5.74, 6) is -0.349. The lowest BCUT2D eigenvalue weighted by molar-refractivity contribution is -0.131. The zero-order valence-corrected chi connectivity index (χ0v) is 12.3. The zero-order chi connectivity index (χ0) is 16.2. The number of amides is 2. The number of hydrogen-bond acceptors (Lipinski definition) is 4. The fourth-order valence-corrected chi connectivity index (χ4v) is 2.69. The average Bonchev–Trinajstić information content (AvgIpc) is 3.23. The van der Waals surface area contributed by atoms with Crippen molar-refractivity contribution >= 4 is 11.8 Å². The zero-order valence-electron chi connectivity index (χ0n) is 12.3. The third kappa shape index (κ3) is 3.36. The molecule has 0 saturated carbocycles. The van der Waals surface area contributed by atoms with Crippen LogP contribution in [0.2, 0.25) is 0 Å². The van der Waals surface area contributed by atoms with Crippen LogP contribution in [0, 0.1) is 5.82 Å². The number of hydrogen-bond donors (Lipinski definition) is 2. The fraction of sp³-hybridized carbons (Fsp3) is 0.333. The molecule has 2 aromatic rings. The maximum absolute atomic E-state index is 12.8. The first-order valence-electron chi connectivity index (χ1n) is 7.33. The van der Waals surface area contributed by atoms with Crippen molar-refractivity contribution in [1.29, 1.82) is 0 Å². The molecular formula is C15H16FN5O2. The van der Waals surface area contributed by atoms with Crippen LogP contribution >= 0.6 is 0 Å². The van der Waals surface area contributed by atoms with E-state index in [0.29, 0.717) is 17.9 Å². The molecule has 7 nitrogen and oxygen atoms in total. The molecule has 1 aromatic carbocycles. The highest BCUT2D eigenvalue weighted by Gasteiger charge is 2.31. The van der Waals surface area contributed by atoms with Gasteiger partial charge in [0.25, 0.3) is 5.91 Å². The van der Waals surface area contributed by atoms with Crippen LogP contribution in [0.15, 0.2) is 30.6 Å². The SMILES string of the molecule is O=C(NCC(=O)N1CCC[C@H]1c1ncn[nH]1)c1ccc(F)cc1. The van der Waals surface area contributed by atoms with Crippen molar-refractivity contribution in [3.8, 4) is 0 Å². The van der Waals surface area contributed by atoms with Crippen LogP contribution in [0.25, 0.3) is 0 Å². The highest BCUT2D eigenvalue weighted by molar-refractivity contribution is 5.96. The molecule has 23 heavy (non-hydrogen) atoms. The van der Waals surface area contributed by atoms with Gasteiger partial charge in [0, 0.05) is 12.1 Å². The van der Waals surface area contributed by atoms with Gasteiger partial charge in [-0.3, -0.25) is 14.7 Å². The second-order valence-electron chi connectivity index (χ2n) is 5.31. The molecule has 0 aliphatic carbocycles. The standard InChI is InChI=1S/C15H16FN5O2/c16-11-5-3-10(4-6-11)15(23)17-8-13(22)21-7-1-2-12(21)14-18-9-19-20-14/h3-6,9,12H,1-2,7-8H2,(H,17,23)(H,18,19,20)/t12-/m0/s1. The monoisotopic (exact) mass is 317 g/mol. The Morgan fingerprint density at radius 2 is 2.13 bits per heavy atom. The van der Waals surface area contributed by atoms with E-state index in [-0.39, 0.29) is 18.5 Å². The molecule has 0 bridgehead atoms. The van der Waals surface area contributed by atoms with E-state index in [1.807, 2.05) is 0 Å². The summed E-state index contributed by atoms with van der Waals surface area (Å²) in [6.45, 7) is 0.511. The van der Waals surface area contributed by atoms with Crippen LogP contribution in [0.4, 0.5) is 4.39 Å². The summed E-state index contributed by atoms with van der Waals surface area (Å²) < 4.78 is 12.8. The molecule has 8 heteroatoms. The molecule has 2 N–H and O–H groups in total. The molecule has 1 aliphatic rings. The molecule has 120 valence electrons. The van der Waals surface area contributed by atoms with Crippen molar-refractivity contribution in [2.45, 2.75) is 18.9 Å². The van der Waals surface area contributed by atoms with Gasteiger partial charge in [0.05, 0.1) is 12.6 Å². The Labute approximate surface area is 131 Å². The van der Waals surface area contributed by atoms with Gasteiger partial charge in [-0.05, 0) is 37.1 Å². The summed E-state index contributed by atoms with van der Waals surface area (Å²) in [6.07, 6.45) is 3.10. The first-order valence-corrected chi connectivity index (χ1v) is 7.33. The number of benzene rings is 1. The van der Waals surface area contributed by atoms with Gasteiger partial charge < -0.3 is 10.2 Å². The minimum Gasteiger partial charge on any atom is -0.343 e. The van der Waals surface area contributed by atoms with Gasteiger partial charge in [-0.15, -0.1) is 0 Å². The third-order valence-electron chi connectivity index (χ3n) is 3.83. The van der Waals surface area contributed by atoms with Gasteiger partial charge in [-0.1, -0.05) is 0 Å². The number of likely N-dealkylation sites (tertiary alicyclic amines) is 1. The predicted octanol–water partition coefficient (Wildman–Crippen LogP) is 1.04. The lowest BCUT2D eigenvalue weighted by atomic mass is 10.2. The Morgan fingerprint density at radius 1 is 1.35 bits per heavy atom. The Morgan fingerprint density at radius 3 is 2.83 bits per heavy atom. The van der Waals surface area contributed by atoms with Crippen molar-refractivity contribution in [1.82, 2.24) is 25.4 Å². The Hall–Kier alpha value is -2.77. The minimum absolute atomic E-state index is 0.110. The molecular weight excluding hydrogens is 301 g/mol. The number of H-pyrrole nitrogens is 1. The quantitative estimate of drug-likeness (QED) is 0.881. The Bertz CT molecular complexity index is 686. The number of aromatic nitrogens is 3. The average molecular weight is 317 g/mol. The molecule has 1 fully saturated rings. The molecule has 1 aromatic heterocycles. The molecule has 2 amide bonds. The van der Waals surface area contributed by atoms with Crippen LogP contribution in [-0.2, 0) is 4.79 Å². The van der Waals surface area contributed by atoms with Gasteiger partial charge in [-0.25, -0.2) is 9.37 Å². The molecule has 1 saturated heterocycles. The van der Waals surface area contributed by atoms with Crippen LogP contribution in [0.5, 0.6) is 0 Å². The van der Waals surface area contributed by atoms with Crippen molar-refractivity contribution in [2.24, 2.45) is 0 Å². The lowest BCUT2D eigenvalue weighted by Crippen LogP contribution is -2.40. The molecule has 0 spiro atoms. The highest BCUT2D eigenvalue weighted by atomic mass is 19.1. The largest absolute Gasteiger partial charge is 0.343 e. The summed E-state index contributed by atoms with van der Waals surface area (Å²) in [5.41, 5.74) is 0.312. The molecule has 1 atom stereocenters. The van der Waals surface area contributed by atoms with Crippen LogP contribution in [-0.4, -0.2) is 45.0 Å². The number of carbonyl (C=O) groups excluding carboxylic acids is 2. The van der Waals surface area contributed by atoms with Crippen LogP contribution in [0.1, 0.15) is 35.1 Å². The van der Waals surface area contributed by atoms with E-state index >= 15 is 0 Å². The third-order valence-corrected chi connectivity index (χ3v) is 3.83. The summed E-state index contributed by atoms with van der Waals surface area (Å²) >= 11 is 0. The molecule has 0 unspecified atom stereocenters. The van der Waals surface area contributed by atoms with Gasteiger partial charge >= 0.3 is 0 Å². The number of carbonyl (C=O) groups is 2. The maximum Gasteiger partial charge on any atom is 0.251 e. The number of nitrogens with one attached hydrogen (secondary N) is 2. The van der Waals surface area contributed by atoms with E-state index in [9.17, 15) is 14.0 Å². The van der Waals surface area contributed by atoms with Gasteiger partial charge in [0.2, 0.25) is 5.91 Å². The van der Waals surface area contributed by atoms with Crippen molar-refractivity contribution in [2.75, 3.05) is 13.1 Å². The fourth-order valence-electron chi connectivity index (χ4n) is 2.69. The van der Waals surface area contributed by atoms with Crippen molar-refractivity contribution < 1.29 is 14.0 Å². The van der Waals surface area contributed by atoms with Gasteiger partial charge in [0.15, 0.2) is 0 Å². The Balaban J connectivity index is 1.58. The first-order chi connectivity index (χ1) is 11.1. The van der Waals surface area contributed by atoms with E-state index in [1.54, 1.807) is 4.90 Å².